The van der Waals surface area contributed by atoms with Gasteiger partial charge in [-0.15, -0.1) is 0 Å². The van der Waals surface area contributed by atoms with Crippen molar-refractivity contribution >= 4 is 11.6 Å². The number of carbonyl (C=O) groups is 1. The molecule has 6 nitrogen and oxygen atoms in total. The van der Waals surface area contributed by atoms with Gasteiger partial charge in [0.15, 0.2) is 0 Å². The zero-order valence-electron chi connectivity index (χ0n) is 15.0. The summed E-state index contributed by atoms with van der Waals surface area (Å²) in [6, 6.07) is 7.43. The first-order valence-electron chi connectivity index (χ1n) is 9.03. The first-order chi connectivity index (χ1) is 12.7. The quantitative estimate of drug-likeness (QED) is 0.759. The number of aliphatic hydroxyl groups excluding tert-OH is 1. The van der Waals surface area contributed by atoms with Crippen LogP contribution in [0.2, 0.25) is 0 Å². The van der Waals surface area contributed by atoms with Crippen molar-refractivity contribution in [1.29, 1.82) is 5.26 Å². The van der Waals surface area contributed by atoms with Gasteiger partial charge in [0.05, 0.1) is 18.2 Å². The zero-order valence-corrected chi connectivity index (χ0v) is 15.0. The van der Waals surface area contributed by atoms with Crippen LogP contribution in [-0.4, -0.2) is 44.0 Å². The molecule has 1 saturated carbocycles. The lowest BCUT2D eigenvalue weighted by atomic mass is 9.88. The van der Waals surface area contributed by atoms with Gasteiger partial charge in [-0.2, -0.15) is 5.26 Å². The summed E-state index contributed by atoms with van der Waals surface area (Å²) in [7, 11) is 1.59. The Hall–Kier alpha value is -2.36. The molecular weight excluding hydrogens is 332 g/mol. The molecule has 0 spiro atoms. The first-order valence-corrected chi connectivity index (χ1v) is 9.03. The SMILES string of the molecule is COCCOc1cc(N2C(=O)C(CCO)=C3CCCCC32)ccc1C#N. The number of rotatable bonds is 7. The summed E-state index contributed by atoms with van der Waals surface area (Å²) in [5.41, 5.74) is 3.09. The number of benzene rings is 1. The second kappa shape index (κ2) is 8.35. The summed E-state index contributed by atoms with van der Waals surface area (Å²) in [5, 5.41) is 18.7. The van der Waals surface area contributed by atoms with Crippen LogP contribution < -0.4 is 9.64 Å². The van der Waals surface area contributed by atoms with Gasteiger partial charge in [-0.1, -0.05) is 6.42 Å². The van der Waals surface area contributed by atoms with Crippen LogP contribution in [0.4, 0.5) is 5.69 Å². The number of methoxy groups -OCH3 is 1. The normalized spacial score (nSPS) is 19.5. The first kappa shape index (κ1) is 18.4. The number of aliphatic hydroxyl groups is 1. The van der Waals surface area contributed by atoms with Crippen molar-refractivity contribution in [3.05, 3.63) is 34.9 Å². The van der Waals surface area contributed by atoms with Gasteiger partial charge in [-0.3, -0.25) is 4.79 Å². The van der Waals surface area contributed by atoms with Gasteiger partial charge in [-0.25, -0.2) is 0 Å². The van der Waals surface area contributed by atoms with Gasteiger partial charge in [0, 0.05) is 37.5 Å². The van der Waals surface area contributed by atoms with Crippen molar-refractivity contribution < 1.29 is 19.4 Å². The van der Waals surface area contributed by atoms with Gasteiger partial charge in [0.1, 0.15) is 18.4 Å². The maximum Gasteiger partial charge on any atom is 0.254 e. The fourth-order valence-corrected chi connectivity index (χ4v) is 3.84. The van der Waals surface area contributed by atoms with Crippen LogP contribution in [-0.2, 0) is 9.53 Å². The Labute approximate surface area is 153 Å². The van der Waals surface area contributed by atoms with Crippen LogP contribution in [0.1, 0.15) is 37.7 Å². The zero-order chi connectivity index (χ0) is 18.5. The third-order valence-corrected chi connectivity index (χ3v) is 5.02. The number of carbonyl (C=O) groups excluding carboxylic acids is 1. The van der Waals surface area contributed by atoms with Gasteiger partial charge < -0.3 is 19.5 Å². The molecule has 1 amide bonds. The highest BCUT2D eigenvalue weighted by Gasteiger charge is 2.40. The molecule has 1 aliphatic carbocycles. The van der Waals surface area contributed by atoms with Crippen molar-refractivity contribution in [2.75, 3.05) is 31.8 Å². The summed E-state index contributed by atoms with van der Waals surface area (Å²) in [6.07, 6.45) is 4.40. The number of anilines is 1. The Bertz CT molecular complexity index is 751. The van der Waals surface area contributed by atoms with Crippen LogP contribution in [0.5, 0.6) is 5.75 Å². The highest BCUT2D eigenvalue weighted by atomic mass is 16.5. The number of hydrogen-bond acceptors (Lipinski definition) is 5. The molecule has 0 bridgehead atoms. The number of ether oxygens (including phenoxy) is 2. The smallest absolute Gasteiger partial charge is 0.254 e. The van der Waals surface area contributed by atoms with Gasteiger partial charge >= 0.3 is 0 Å². The lowest BCUT2D eigenvalue weighted by molar-refractivity contribution is -0.115. The van der Waals surface area contributed by atoms with Crippen LogP contribution >= 0.6 is 0 Å². The molecular formula is C20H24N2O4. The fourth-order valence-electron chi connectivity index (χ4n) is 3.84. The fraction of sp³-hybridized carbons (Fsp3) is 0.500. The van der Waals surface area contributed by atoms with E-state index in [1.807, 2.05) is 4.90 Å². The predicted octanol–water partition coefficient (Wildman–Crippen LogP) is 2.55. The Morgan fingerprint density at radius 1 is 1.35 bits per heavy atom. The standard InChI is InChI=1S/C20H24N2O4/c1-25-10-11-26-19-12-15(7-6-14(19)13-21)22-18-5-3-2-4-16(18)17(8-9-23)20(22)24/h6-7,12,18,23H,2-5,8-11H2,1H3. The van der Waals surface area contributed by atoms with Crippen LogP contribution in [0.25, 0.3) is 0 Å². The molecule has 2 aliphatic rings. The Morgan fingerprint density at radius 2 is 2.19 bits per heavy atom. The topological polar surface area (TPSA) is 82.8 Å². The molecule has 1 aliphatic heterocycles. The number of nitriles is 1. The summed E-state index contributed by atoms with van der Waals surface area (Å²) < 4.78 is 10.7. The number of fused-ring (bicyclic) bond motifs is 1. The highest BCUT2D eigenvalue weighted by molar-refractivity contribution is 6.10. The third-order valence-electron chi connectivity index (χ3n) is 5.02. The van der Waals surface area contributed by atoms with E-state index in [9.17, 15) is 15.2 Å². The van der Waals surface area contributed by atoms with E-state index in [1.165, 1.54) is 5.57 Å². The molecule has 1 heterocycles. The maximum atomic E-state index is 13.0. The average molecular weight is 356 g/mol. The van der Waals surface area contributed by atoms with E-state index in [0.29, 0.717) is 30.9 Å². The molecule has 1 unspecified atom stereocenters. The highest BCUT2D eigenvalue weighted by Crippen LogP contribution is 2.41. The third kappa shape index (κ3) is 3.46. The Kier molecular flexibility index (Phi) is 5.92. The van der Waals surface area contributed by atoms with Crippen molar-refractivity contribution in [1.82, 2.24) is 0 Å². The van der Waals surface area contributed by atoms with E-state index in [4.69, 9.17) is 9.47 Å². The number of hydrogen-bond donors (Lipinski definition) is 1. The summed E-state index contributed by atoms with van der Waals surface area (Å²) in [4.78, 5) is 14.8. The second-order valence-electron chi connectivity index (χ2n) is 6.55. The van der Waals surface area contributed by atoms with Gasteiger partial charge in [0.2, 0.25) is 0 Å². The van der Waals surface area contributed by atoms with Crippen LogP contribution in [0.3, 0.4) is 0 Å². The number of amides is 1. The molecule has 1 aromatic rings. The maximum absolute atomic E-state index is 13.0. The summed E-state index contributed by atoms with van der Waals surface area (Å²) >= 11 is 0. The van der Waals surface area contributed by atoms with E-state index in [0.717, 1.165) is 36.9 Å². The summed E-state index contributed by atoms with van der Waals surface area (Å²) in [6.45, 7) is 0.738. The average Bonchev–Trinajstić information content (AvgIpc) is 2.94. The van der Waals surface area contributed by atoms with Crippen molar-refractivity contribution in [3.8, 4) is 11.8 Å². The van der Waals surface area contributed by atoms with E-state index in [2.05, 4.69) is 6.07 Å². The monoisotopic (exact) mass is 356 g/mol. The van der Waals surface area contributed by atoms with E-state index < -0.39 is 0 Å². The van der Waals surface area contributed by atoms with E-state index in [-0.39, 0.29) is 18.6 Å². The molecule has 1 N–H and O–H groups in total. The molecule has 138 valence electrons. The Morgan fingerprint density at radius 3 is 2.92 bits per heavy atom. The van der Waals surface area contributed by atoms with Gasteiger partial charge in [-0.05, 0) is 37.0 Å². The minimum atomic E-state index is -0.0338. The molecule has 1 fully saturated rings. The molecule has 6 heteroatoms. The molecule has 1 aromatic carbocycles. The minimum absolute atomic E-state index is 0.0239. The van der Waals surface area contributed by atoms with Crippen molar-refractivity contribution in [3.63, 3.8) is 0 Å². The lowest BCUT2D eigenvalue weighted by Crippen LogP contribution is -2.37. The molecule has 1 atom stereocenters. The number of nitrogens with zero attached hydrogens (tertiary/aromatic N) is 2. The predicted molar refractivity (Wildman–Crippen MR) is 97.0 cm³/mol. The van der Waals surface area contributed by atoms with E-state index in [1.54, 1.807) is 25.3 Å². The molecule has 0 aromatic heterocycles. The Balaban J connectivity index is 1.92. The molecule has 0 radical (unpaired) electrons. The van der Waals surface area contributed by atoms with Gasteiger partial charge in [0.25, 0.3) is 5.91 Å². The molecule has 26 heavy (non-hydrogen) atoms. The van der Waals surface area contributed by atoms with Crippen molar-refractivity contribution in [2.45, 2.75) is 38.1 Å². The molecule has 0 saturated heterocycles. The lowest BCUT2D eigenvalue weighted by Gasteiger charge is -2.30. The minimum Gasteiger partial charge on any atom is -0.490 e. The second-order valence-corrected chi connectivity index (χ2v) is 6.55. The van der Waals surface area contributed by atoms with Crippen LogP contribution in [0.15, 0.2) is 29.3 Å². The largest absolute Gasteiger partial charge is 0.490 e. The van der Waals surface area contributed by atoms with Crippen molar-refractivity contribution in [2.24, 2.45) is 0 Å². The van der Waals surface area contributed by atoms with Crippen LogP contribution in [0, 0.1) is 11.3 Å². The van der Waals surface area contributed by atoms with E-state index >= 15 is 0 Å². The molecule has 3 rings (SSSR count). The summed E-state index contributed by atoms with van der Waals surface area (Å²) in [5.74, 6) is 0.427.